The van der Waals surface area contributed by atoms with Crippen LogP contribution in [0, 0.1) is 12.8 Å². The summed E-state index contributed by atoms with van der Waals surface area (Å²) in [5.41, 5.74) is 21.4. The fourth-order valence-corrected chi connectivity index (χ4v) is 9.04. The van der Waals surface area contributed by atoms with Gasteiger partial charge in [-0.15, -0.1) is 0 Å². The van der Waals surface area contributed by atoms with Crippen molar-refractivity contribution >= 4 is 34.0 Å². The highest BCUT2D eigenvalue weighted by atomic mass is 15.1. The Labute approximate surface area is 414 Å². The molecule has 0 bridgehead atoms. The molecule has 0 saturated heterocycles. The molecule has 1 N–H and O–H groups in total. The molecule has 0 spiro atoms. The van der Waals surface area contributed by atoms with E-state index in [2.05, 4.69) is 222 Å². The number of para-hydroxylation sites is 2. The van der Waals surface area contributed by atoms with E-state index >= 15 is 0 Å². The number of hydrogen-bond donors (Lipinski definition) is 1. The van der Waals surface area contributed by atoms with Gasteiger partial charge >= 0.3 is 0 Å². The summed E-state index contributed by atoms with van der Waals surface area (Å²) in [6.45, 7) is 26.4. The van der Waals surface area contributed by atoms with Crippen molar-refractivity contribution in [3.05, 3.63) is 257 Å². The molecule has 3 nitrogen and oxygen atoms in total. The second-order valence-electron chi connectivity index (χ2n) is 17.9. The molecule has 3 aliphatic rings. The first-order valence-electron chi connectivity index (χ1n) is 24.9. The smallest absolute Gasteiger partial charge is 0.145 e. The average Bonchev–Trinajstić information content (AvgIpc) is 3.94. The fourth-order valence-electron chi connectivity index (χ4n) is 9.04. The monoisotopic (exact) mass is 908 g/mol. The molecule has 1 atom stereocenters. The van der Waals surface area contributed by atoms with Crippen molar-refractivity contribution in [3.8, 4) is 11.1 Å². The van der Waals surface area contributed by atoms with Crippen LogP contribution in [0.4, 0.5) is 0 Å². The molecular weight excluding hydrogens is 835 g/mol. The van der Waals surface area contributed by atoms with Gasteiger partial charge in [-0.1, -0.05) is 204 Å². The van der Waals surface area contributed by atoms with Crippen LogP contribution in [0.15, 0.2) is 223 Å². The molecule has 8 rings (SSSR count). The van der Waals surface area contributed by atoms with Crippen LogP contribution in [0.3, 0.4) is 0 Å². The summed E-state index contributed by atoms with van der Waals surface area (Å²) in [5, 5.41) is 3.83. The SMILES string of the molecule is C=C\C=C/C(C(=C)C)=C(C)/C=C\C.CC.C\C=C/C(=C\C=C\C(=C\c1ccccc1C)C(C)C)n1c(C2=CCC(NC3=CC=C(c4ccc5c(c4)Cc4ccccc4-5)CC3)C=C2)nc2ccccc21. The second kappa shape index (κ2) is 25.2. The number of allylic oxidation sites excluding steroid dienone is 21. The van der Waals surface area contributed by atoms with Crippen LogP contribution in [0.5, 0.6) is 0 Å². The van der Waals surface area contributed by atoms with Gasteiger partial charge in [-0.05, 0) is 158 Å². The van der Waals surface area contributed by atoms with Gasteiger partial charge in [0.2, 0.25) is 0 Å². The highest BCUT2D eigenvalue weighted by Crippen LogP contribution is 2.39. The van der Waals surface area contributed by atoms with Crippen LogP contribution in [-0.4, -0.2) is 15.6 Å². The van der Waals surface area contributed by atoms with Gasteiger partial charge in [0, 0.05) is 23.0 Å². The molecule has 0 radical (unpaired) electrons. The zero-order valence-electron chi connectivity index (χ0n) is 42.7. The Morgan fingerprint density at radius 3 is 2.25 bits per heavy atom. The summed E-state index contributed by atoms with van der Waals surface area (Å²) in [5.74, 6) is 1.36. The molecule has 3 heteroatoms. The lowest BCUT2D eigenvalue weighted by atomic mass is 9.92. The topological polar surface area (TPSA) is 29.9 Å². The molecule has 0 fully saturated rings. The van der Waals surface area contributed by atoms with Gasteiger partial charge in [0.05, 0.1) is 11.0 Å². The molecule has 0 saturated carbocycles. The lowest BCUT2D eigenvalue weighted by Crippen LogP contribution is -2.28. The van der Waals surface area contributed by atoms with Gasteiger partial charge in [0.25, 0.3) is 0 Å². The largest absolute Gasteiger partial charge is 0.382 e. The molecule has 1 unspecified atom stereocenters. The van der Waals surface area contributed by atoms with Crippen molar-refractivity contribution in [1.29, 1.82) is 0 Å². The zero-order chi connectivity index (χ0) is 49.3. The summed E-state index contributed by atoms with van der Waals surface area (Å²) < 4.78 is 2.30. The van der Waals surface area contributed by atoms with E-state index in [1.165, 1.54) is 66.9 Å². The molecule has 5 aromatic rings. The van der Waals surface area contributed by atoms with E-state index in [1.54, 1.807) is 6.08 Å². The van der Waals surface area contributed by atoms with Crippen LogP contribution >= 0.6 is 0 Å². The average molecular weight is 908 g/mol. The quantitative estimate of drug-likeness (QED) is 0.110. The Kier molecular flexibility index (Phi) is 18.7. The molecule has 0 aliphatic heterocycles. The van der Waals surface area contributed by atoms with Crippen LogP contribution in [0.25, 0.3) is 45.1 Å². The Morgan fingerprint density at radius 2 is 1.55 bits per heavy atom. The van der Waals surface area contributed by atoms with E-state index in [9.17, 15) is 0 Å². The van der Waals surface area contributed by atoms with Crippen molar-refractivity contribution < 1.29 is 0 Å². The normalized spacial score (nSPS) is 16.1. The Hall–Kier alpha value is -7.23. The minimum absolute atomic E-state index is 0.245. The third-order valence-corrected chi connectivity index (χ3v) is 12.6. The first kappa shape index (κ1) is 51.2. The van der Waals surface area contributed by atoms with Crippen LogP contribution in [-0.2, 0) is 6.42 Å². The molecular formula is C66H73N3. The lowest BCUT2D eigenvalue weighted by Gasteiger charge is -2.23. The second-order valence-corrected chi connectivity index (χ2v) is 17.9. The van der Waals surface area contributed by atoms with Crippen molar-refractivity contribution in [1.82, 2.24) is 14.9 Å². The van der Waals surface area contributed by atoms with Crippen molar-refractivity contribution in [2.24, 2.45) is 5.92 Å². The minimum Gasteiger partial charge on any atom is -0.382 e. The van der Waals surface area contributed by atoms with Gasteiger partial charge < -0.3 is 5.32 Å². The van der Waals surface area contributed by atoms with E-state index < -0.39 is 0 Å². The van der Waals surface area contributed by atoms with Crippen LogP contribution < -0.4 is 5.32 Å². The van der Waals surface area contributed by atoms with E-state index in [0.29, 0.717) is 5.92 Å². The van der Waals surface area contributed by atoms with Crippen molar-refractivity contribution in [2.75, 3.05) is 0 Å². The molecule has 0 amide bonds. The van der Waals surface area contributed by atoms with E-state index in [-0.39, 0.29) is 6.04 Å². The number of aromatic nitrogens is 2. The zero-order valence-corrected chi connectivity index (χ0v) is 42.7. The number of imidazole rings is 1. The molecule has 1 heterocycles. The highest BCUT2D eigenvalue weighted by molar-refractivity contribution is 5.88. The molecule has 3 aliphatic carbocycles. The maximum atomic E-state index is 5.18. The van der Waals surface area contributed by atoms with Crippen molar-refractivity contribution in [2.45, 2.75) is 94.0 Å². The number of nitrogens with zero attached hydrogens (tertiary/aromatic N) is 2. The predicted octanol–water partition coefficient (Wildman–Crippen LogP) is 17.9. The van der Waals surface area contributed by atoms with E-state index in [0.717, 1.165) is 59.4 Å². The minimum atomic E-state index is 0.245. The molecule has 1 aromatic heterocycles. The number of hydrogen-bond acceptors (Lipinski definition) is 2. The standard InChI is InChI=1S/C51H49N3.C13H18.C2H6/c1-5-13-46(18-12-17-39(35(2)3)32-40-15-7-6-14-36(40)4)54-50-21-11-10-20-49(50)53-51(54)38-24-29-45(30-25-38)52-44-27-22-37(23-28-44)41-26-31-48-43(33-41)34-42-16-8-9-19-47(42)48;1-6-8-10-13(11(3)4)12(5)9-7-2;1-2/h5-22,24-27,29,31-33,35,45,52H,23,28,30,34H2,1-4H3;6-10H,1,3H2,2,4-5H3;1-2H3/b13-5-,17-12+,39-32-,46-18+;9-7-,10-8-,13-12-;. The lowest BCUT2D eigenvalue weighted by molar-refractivity contribution is 0.647. The first-order valence-corrected chi connectivity index (χ1v) is 24.9. The maximum absolute atomic E-state index is 5.18. The van der Waals surface area contributed by atoms with Crippen molar-refractivity contribution in [3.63, 3.8) is 0 Å². The Bertz CT molecular complexity index is 2990. The highest BCUT2D eigenvalue weighted by Gasteiger charge is 2.21. The van der Waals surface area contributed by atoms with Gasteiger partial charge in [0.1, 0.15) is 5.82 Å². The third kappa shape index (κ3) is 13.1. The summed E-state index contributed by atoms with van der Waals surface area (Å²) in [7, 11) is 0. The first-order chi connectivity index (χ1) is 33.6. The van der Waals surface area contributed by atoms with Gasteiger partial charge in [-0.3, -0.25) is 4.57 Å². The number of nitrogens with one attached hydrogen (secondary N) is 1. The maximum Gasteiger partial charge on any atom is 0.145 e. The van der Waals surface area contributed by atoms with Gasteiger partial charge in [-0.2, -0.15) is 0 Å². The predicted molar refractivity (Wildman–Crippen MR) is 304 cm³/mol. The summed E-state index contributed by atoms with van der Waals surface area (Å²) in [6, 6.07) is 33.1. The van der Waals surface area contributed by atoms with Crippen LogP contribution in [0.1, 0.15) is 108 Å². The van der Waals surface area contributed by atoms with Gasteiger partial charge in [0.15, 0.2) is 0 Å². The number of aryl methyl sites for hydroxylation is 1. The molecule has 352 valence electrons. The molecule has 69 heavy (non-hydrogen) atoms. The van der Waals surface area contributed by atoms with Crippen LogP contribution in [0.2, 0.25) is 0 Å². The summed E-state index contributed by atoms with van der Waals surface area (Å²) in [6.07, 6.45) is 38.6. The van der Waals surface area contributed by atoms with Gasteiger partial charge in [-0.25, -0.2) is 4.98 Å². The Morgan fingerprint density at radius 1 is 0.812 bits per heavy atom. The number of fused-ring (bicyclic) bond motifs is 4. The fraction of sp³-hybridized carbons (Fsp3) is 0.227. The third-order valence-electron chi connectivity index (χ3n) is 12.6. The summed E-state index contributed by atoms with van der Waals surface area (Å²) in [4.78, 5) is 5.18. The molecule has 4 aromatic carbocycles. The van der Waals surface area contributed by atoms with E-state index in [1.807, 2.05) is 45.9 Å². The van der Waals surface area contributed by atoms with E-state index in [4.69, 9.17) is 4.98 Å². The Balaban J connectivity index is 0.000000454. The number of rotatable bonds is 14. The number of benzene rings is 4. The summed E-state index contributed by atoms with van der Waals surface area (Å²) >= 11 is 0.